The Morgan fingerprint density at radius 1 is 0.321 bits per heavy atom. The van der Waals surface area contributed by atoms with Crippen molar-refractivity contribution in [2.45, 2.75) is 0 Å². The van der Waals surface area contributed by atoms with Gasteiger partial charge in [-0.3, -0.25) is 4.57 Å². The molecule has 4 aromatic heterocycles. The minimum Gasteiger partial charge on any atom is -0.316 e. The quantitative estimate of drug-likeness (QED) is 0.175. The summed E-state index contributed by atoms with van der Waals surface area (Å²) in [5.41, 5.74) is 13.5. The van der Waals surface area contributed by atoms with Gasteiger partial charge in [-0.05, 0) is 103 Å². The van der Waals surface area contributed by atoms with E-state index in [1.54, 1.807) is 0 Å². The van der Waals surface area contributed by atoms with Crippen LogP contribution in [-0.4, -0.2) is 23.3 Å². The topological polar surface area (TPSA) is 32.6 Å². The first-order valence-corrected chi connectivity index (χ1v) is 19.1. The Kier molecular flexibility index (Phi) is 6.56. The lowest BCUT2D eigenvalue weighted by Gasteiger charge is -2.12. The van der Waals surface area contributed by atoms with E-state index in [2.05, 4.69) is 219 Å². The molecule has 0 aliphatic heterocycles. The Bertz CT molecular complexity index is 3440. The Morgan fingerprint density at radius 2 is 0.893 bits per heavy atom. The summed E-state index contributed by atoms with van der Waals surface area (Å²) >= 11 is 0. The molecule has 5 nitrogen and oxygen atoms in total. The van der Waals surface area contributed by atoms with E-state index in [0.29, 0.717) is 0 Å². The Hall–Kier alpha value is -7.63. The van der Waals surface area contributed by atoms with E-state index in [-0.39, 0.29) is 0 Å². The molecule has 5 heteroatoms. The number of nitrogens with zero attached hydrogens (tertiary/aromatic N) is 5. The maximum Gasteiger partial charge on any atom is 0.145 e. The van der Waals surface area contributed by atoms with E-state index >= 15 is 0 Å². The zero-order chi connectivity index (χ0) is 36.7. The molecule has 0 atom stereocenters. The van der Waals surface area contributed by atoms with Gasteiger partial charge in [0, 0.05) is 61.4 Å². The number of hydrogen-bond acceptors (Lipinski definition) is 1. The number of aromatic nitrogens is 5. The molecule has 0 N–H and O–H groups in total. The van der Waals surface area contributed by atoms with E-state index < -0.39 is 0 Å². The van der Waals surface area contributed by atoms with Crippen LogP contribution in [-0.2, 0) is 0 Å². The van der Waals surface area contributed by atoms with Crippen LogP contribution in [0.4, 0.5) is 0 Å². The van der Waals surface area contributed by atoms with Crippen LogP contribution in [0.3, 0.4) is 0 Å². The highest BCUT2D eigenvalue weighted by Crippen LogP contribution is 2.44. The summed E-state index contributed by atoms with van der Waals surface area (Å²) in [6.45, 7) is 0. The molecular formula is C51H33N5. The van der Waals surface area contributed by atoms with E-state index in [1.807, 2.05) is 0 Å². The highest BCUT2D eigenvalue weighted by molar-refractivity contribution is 6.29. The van der Waals surface area contributed by atoms with Crippen molar-refractivity contribution < 1.29 is 0 Å². The number of imidazole rings is 1. The van der Waals surface area contributed by atoms with Gasteiger partial charge >= 0.3 is 0 Å². The highest BCUT2D eigenvalue weighted by Gasteiger charge is 2.23. The lowest BCUT2D eigenvalue weighted by atomic mass is 10.1. The van der Waals surface area contributed by atoms with Gasteiger partial charge in [-0.1, -0.05) is 91.0 Å². The van der Waals surface area contributed by atoms with Gasteiger partial charge in [-0.2, -0.15) is 0 Å². The van der Waals surface area contributed by atoms with E-state index in [0.717, 1.165) is 45.2 Å². The molecular weight excluding hydrogens is 683 g/mol. The molecule has 0 aliphatic rings. The second-order valence-electron chi connectivity index (χ2n) is 14.4. The normalized spacial score (nSPS) is 11.9. The van der Waals surface area contributed by atoms with Crippen LogP contribution in [0.15, 0.2) is 200 Å². The van der Waals surface area contributed by atoms with Gasteiger partial charge < -0.3 is 13.7 Å². The van der Waals surface area contributed by atoms with E-state index in [4.69, 9.17) is 4.98 Å². The summed E-state index contributed by atoms with van der Waals surface area (Å²) < 4.78 is 9.48. The molecule has 0 saturated carbocycles. The van der Waals surface area contributed by atoms with E-state index in [9.17, 15) is 0 Å². The SMILES string of the molecule is c1ccc(-n2ccc3c2ccc2c4c(ccc5c6ccccc6n(-c6ccc(-c7nc8ccccc8n7-c7ccccc7)cc6)c54)n(-c4ccccc4)c23)cc1. The van der Waals surface area contributed by atoms with Crippen molar-refractivity contribution in [3.05, 3.63) is 200 Å². The predicted molar refractivity (Wildman–Crippen MR) is 232 cm³/mol. The van der Waals surface area contributed by atoms with Crippen molar-refractivity contribution in [2.75, 3.05) is 0 Å². The minimum atomic E-state index is 0.922. The zero-order valence-corrected chi connectivity index (χ0v) is 30.3. The van der Waals surface area contributed by atoms with Crippen molar-refractivity contribution in [1.29, 1.82) is 0 Å². The van der Waals surface area contributed by atoms with Gasteiger partial charge in [0.15, 0.2) is 0 Å². The van der Waals surface area contributed by atoms with Crippen LogP contribution in [0.2, 0.25) is 0 Å². The van der Waals surface area contributed by atoms with Gasteiger partial charge in [-0.15, -0.1) is 0 Å². The lowest BCUT2D eigenvalue weighted by molar-refractivity contribution is 1.10. The fourth-order valence-electron chi connectivity index (χ4n) is 9.01. The molecule has 12 aromatic rings. The summed E-state index contributed by atoms with van der Waals surface area (Å²) in [5.74, 6) is 0.922. The van der Waals surface area contributed by atoms with Crippen LogP contribution in [0.5, 0.6) is 0 Å². The van der Waals surface area contributed by atoms with Crippen LogP contribution in [0.25, 0.3) is 99.7 Å². The third-order valence-electron chi connectivity index (χ3n) is 11.4. The minimum absolute atomic E-state index is 0.922. The first kappa shape index (κ1) is 30.8. The molecule has 56 heavy (non-hydrogen) atoms. The molecule has 0 bridgehead atoms. The van der Waals surface area contributed by atoms with Gasteiger partial charge in [0.25, 0.3) is 0 Å². The molecule has 0 fully saturated rings. The third kappa shape index (κ3) is 4.39. The number of hydrogen-bond donors (Lipinski definition) is 0. The Morgan fingerprint density at radius 3 is 1.64 bits per heavy atom. The zero-order valence-electron chi connectivity index (χ0n) is 30.3. The van der Waals surface area contributed by atoms with Crippen molar-refractivity contribution in [3.8, 4) is 34.1 Å². The average molecular weight is 716 g/mol. The van der Waals surface area contributed by atoms with Crippen LogP contribution in [0.1, 0.15) is 0 Å². The number of rotatable bonds is 5. The summed E-state index contributed by atoms with van der Waals surface area (Å²) in [6, 6.07) is 69.5. The first-order chi connectivity index (χ1) is 27.8. The fourth-order valence-corrected chi connectivity index (χ4v) is 9.01. The predicted octanol–water partition coefficient (Wildman–Crippen LogP) is 12.8. The molecule has 0 radical (unpaired) electrons. The lowest BCUT2D eigenvalue weighted by Crippen LogP contribution is -1.98. The number of fused-ring (bicyclic) bond motifs is 10. The molecule has 0 unspecified atom stereocenters. The summed E-state index contributed by atoms with van der Waals surface area (Å²) in [7, 11) is 0. The van der Waals surface area contributed by atoms with Crippen molar-refractivity contribution in [1.82, 2.24) is 23.3 Å². The maximum absolute atomic E-state index is 5.16. The van der Waals surface area contributed by atoms with E-state index in [1.165, 1.54) is 54.5 Å². The summed E-state index contributed by atoms with van der Waals surface area (Å²) in [5, 5.41) is 6.15. The van der Waals surface area contributed by atoms with Crippen LogP contribution in [0, 0.1) is 0 Å². The second-order valence-corrected chi connectivity index (χ2v) is 14.4. The molecule has 8 aromatic carbocycles. The molecule has 0 saturated heterocycles. The Balaban J connectivity index is 1.14. The van der Waals surface area contributed by atoms with Gasteiger partial charge in [0.2, 0.25) is 0 Å². The molecule has 262 valence electrons. The largest absolute Gasteiger partial charge is 0.316 e. The molecule has 4 heterocycles. The van der Waals surface area contributed by atoms with Crippen molar-refractivity contribution >= 4 is 65.5 Å². The van der Waals surface area contributed by atoms with Crippen molar-refractivity contribution in [3.63, 3.8) is 0 Å². The Labute approximate surface area is 322 Å². The standard InChI is InChI=1S/C51H33N5/c1-4-14-35(15-5-1)53-33-32-41-44(53)30-29-42-48-47(55(49(41)42)36-16-6-2-7-17-36)31-28-40-39-20-10-12-22-45(39)54(50(40)48)38-26-24-34(25-27-38)51-52-43-21-11-13-23-46(43)56(51)37-18-8-3-9-19-37/h1-33H. The second kappa shape index (κ2) is 11.9. The summed E-state index contributed by atoms with van der Waals surface area (Å²) in [4.78, 5) is 5.16. The molecule has 0 aliphatic carbocycles. The average Bonchev–Trinajstić information content (AvgIpc) is 4.04. The maximum atomic E-state index is 5.16. The molecule has 0 spiro atoms. The highest BCUT2D eigenvalue weighted by atomic mass is 15.1. The molecule has 12 rings (SSSR count). The van der Waals surface area contributed by atoms with Gasteiger partial charge in [-0.25, -0.2) is 4.98 Å². The smallest absolute Gasteiger partial charge is 0.145 e. The number of benzene rings is 8. The van der Waals surface area contributed by atoms with Crippen LogP contribution >= 0.6 is 0 Å². The number of para-hydroxylation sites is 6. The van der Waals surface area contributed by atoms with Gasteiger partial charge in [0.1, 0.15) is 5.82 Å². The van der Waals surface area contributed by atoms with Crippen LogP contribution < -0.4 is 0 Å². The van der Waals surface area contributed by atoms with Gasteiger partial charge in [0.05, 0.1) is 38.6 Å². The monoisotopic (exact) mass is 715 g/mol. The fraction of sp³-hybridized carbons (Fsp3) is 0. The third-order valence-corrected chi connectivity index (χ3v) is 11.4. The first-order valence-electron chi connectivity index (χ1n) is 19.1. The molecule has 0 amide bonds. The summed E-state index contributed by atoms with van der Waals surface area (Å²) in [6.07, 6.45) is 2.20. The van der Waals surface area contributed by atoms with Crippen molar-refractivity contribution in [2.24, 2.45) is 0 Å².